The fourth-order valence-electron chi connectivity index (χ4n) is 1.99. The van der Waals surface area contributed by atoms with Gasteiger partial charge in [-0.05, 0) is 35.7 Å². The highest BCUT2D eigenvalue weighted by molar-refractivity contribution is 5.92. The van der Waals surface area contributed by atoms with Gasteiger partial charge in [-0.2, -0.15) is 5.10 Å². The van der Waals surface area contributed by atoms with Crippen molar-refractivity contribution in [1.82, 2.24) is 15.2 Å². The first kappa shape index (κ1) is 11.5. The number of benzene rings is 1. The van der Waals surface area contributed by atoms with Crippen molar-refractivity contribution >= 4 is 16.6 Å². The van der Waals surface area contributed by atoms with Gasteiger partial charge in [-0.3, -0.25) is 5.10 Å². The molecule has 5 nitrogen and oxygen atoms in total. The van der Waals surface area contributed by atoms with Gasteiger partial charge in [-0.1, -0.05) is 0 Å². The molecule has 5 heteroatoms. The van der Waals surface area contributed by atoms with Crippen molar-refractivity contribution in [2.24, 2.45) is 0 Å². The highest BCUT2D eigenvalue weighted by Crippen LogP contribution is 2.25. The summed E-state index contributed by atoms with van der Waals surface area (Å²) in [4.78, 5) is 4.38. The number of hydrogen-bond acceptors (Lipinski definition) is 4. The number of ether oxygens (including phenoxy) is 1. The van der Waals surface area contributed by atoms with Gasteiger partial charge in [0.05, 0.1) is 19.3 Å². The maximum atomic E-state index is 5.23. The first-order valence-electron chi connectivity index (χ1n) is 6.02. The third kappa shape index (κ3) is 2.35. The summed E-state index contributed by atoms with van der Waals surface area (Å²) in [6.45, 7) is 0.665. The highest BCUT2D eigenvalue weighted by Gasteiger charge is 2.03. The summed E-state index contributed by atoms with van der Waals surface area (Å²) >= 11 is 0. The summed E-state index contributed by atoms with van der Waals surface area (Å²) in [6, 6.07) is 9.85. The molecule has 96 valence electrons. The molecule has 2 heterocycles. The van der Waals surface area contributed by atoms with Crippen LogP contribution in [0.3, 0.4) is 0 Å². The lowest BCUT2D eigenvalue weighted by Gasteiger charge is -2.08. The van der Waals surface area contributed by atoms with Gasteiger partial charge < -0.3 is 10.1 Å². The minimum atomic E-state index is 0.665. The fraction of sp³-hybridized carbons (Fsp3) is 0.143. The molecule has 2 N–H and O–H groups in total. The molecule has 0 unspecified atom stereocenters. The van der Waals surface area contributed by atoms with Crippen molar-refractivity contribution in [3.8, 4) is 5.75 Å². The van der Waals surface area contributed by atoms with E-state index in [9.17, 15) is 0 Å². The molecule has 0 aliphatic heterocycles. The number of methoxy groups -OCH3 is 1. The van der Waals surface area contributed by atoms with E-state index in [2.05, 4.69) is 20.5 Å². The van der Waals surface area contributed by atoms with Crippen molar-refractivity contribution in [2.45, 2.75) is 6.54 Å². The minimum Gasteiger partial charge on any atom is -0.497 e. The second kappa shape index (κ2) is 4.97. The molecule has 0 amide bonds. The summed E-state index contributed by atoms with van der Waals surface area (Å²) in [5, 5.41) is 12.3. The van der Waals surface area contributed by atoms with Crippen LogP contribution in [0.5, 0.6) is 5.75 Å². The van der Waals surface area contributed by atoms with E-state index in [1.807, 2.05) is 30.3 Å². The van der Waals surface area contributed by atoms with E-state index in [1.54, 1.807) is 19.5 Å². The number of anilines is 1. The largest absolute Gasteiger partial charge is 0.497 e. The van der Waals surface area contributed by atoms with Gasteiger partial charge in [0.2, 0.25) is 0 Å². The Hall–Kier alpha value is -2.56. The first-order chi connectivity index (χ1) is 9.36. The van der Waals surface area contributed by atoms with Crippen LogP contribution >= 0.6 is 0 Å². The molecule has 0 aliphatic carbocycles. The zero-order valence-electron chi connectivity index (χ0n) is 10.6. The number of rotatable bonds is 4. The molecule has 3 aromatic rings. The van der Waals surface area contributed by atoms with Crippen LogP contribution in [0.15, 0.2) is 42.7 Å². The molecule has 0 aliphatic rings. The zero-order valence-corrected chi connectivity index (χ0v) is 10.6. The summed E-state index contributed by atoms with van der Waals surface area (Å²) in [5.74, 6) is 1.70. The van der Waals surface area contributed by atoms with E-state index >= 15 is 0 Å². The highest BCUT2D eigenvalue weighted by atomic mass is 16.5. The number of aromatic nitrogens is 3. The van der Waals surface area contributed by atoms with Crippen LogP contribution in [0.4, 0.5) is 5.82 Å². The number of nitrogens with zero attached hydrogens (tertiary/aromatic N) is 2. The molecule has 0 atom stereocenters. The number of H-pyrrole nitrogens is 1. The molecule has 0 radical (unpaired) electrons. The molecule has 3 rings (SSSR count). The van der Waals surface area contributed by atoms with E-state index in [4.69, 9.17) is 4.74 Å². The van der Waals surface area contributed by atoms with E-state index in [0.717, 1.165) is 28.0 Å². The number of pyridine rings is 1. The van der Waals surface area contributed by atoms with Gasteiger partial charge in [0.1, 0.15) is 11.6 Å². The van der Waals surface area contributed by atoms with E-state index < -0.39 is 0 Å². The number of hydrogen-bond donors (Lipinski definition) is 2. The van der Waals surface area contributed by atoms with Crippen LogP contribution in [0.1, 0.15) is 5.69 Å². The van der Waals surface area contributed by atoms with E-state index in [-0.39, 0.29) is 0 Å². The predicted molar refractivity (Wildman–Crippen MR) is 74.2 cm³/mol. The molecular formula is C14H14N4O. The normalized spacial score (nSPS) is 10.6. The van der Waals surface area contributed by atoms with Crippen LogP contribution in [-0.4, -0.2) is 22.3 Å². The van der Waals surface area contributed by atoms with Crippen molar-refractivity contribution in [1.29, 1.82) is 0 Å². The van der Waals surface area contributed by atoms with Gasteiger partial charge in [0, 0.05) is 17.8 Å². The predicted octanol–water partition coefficient (Wildman–Crippen LogP) is 2.58. The SMILES string of the molecule is COc1ccc2c(NCc3ccn[nH]3)nccc2c1. The Balaban J connectivity index is 1.90. The van der Waals surface area contributed by atoms with Crippen LogP contribution in [0, 0.1) is 0 Å². The van der Waals surface area contributed by atoms with Crippen LogP contribution in [0.2, 0.25) is 0 Å². The summed E-state index contributed by atoms with van der Waals surface area (Å²) < 4.78 is 5.23. The Bertz CT molecular complexity index is 679. The maximum absolute atomic E-state index is 5.23. The standard InChI is InChI=1S/C14H14N4O/c1-19-12-2-3-13-10(8-12)4-6-15-14(13)16-9-11-5-7-17-18-11/h2-8H,9H2,1H3,(H,15,16)(H,17,18). The molecule has 2 aromatic heterocycles. The lowest BCUT2D eigenvalue weighted by Crippen LogP contribution is -2.02. The van der Waals surface area contributed by atoms with Gasteiger partial charge in [0.15, 0.2) is 0 Å². The summed E-state index contributed by atoms with van der Waals surface area (Å²) in [5.41, 5.74) is 1.02. The smallest absolute Gasteiger partial charge is 0.134 e. The zero-order chi connectivity index (χ0) is 13.1. The van der Waals surface area contributed by atoms with Gasteiger partial charge in [-0.15, -0.1) is 0 Å². The number of fused-ring (bicyclic) bond motifs is 1. The van der Waals surface area contributed by atoms with Crippen molar-refractivity contribution < 1.29 is 4.74 Å². The Labute approximate surface area is 110 Å². The summed E-state index contributed by atoms with van der Waals surface area (Å²) in [6.07, 6.45) is 3.52. The lowest BCUT2D eigenvalue weighted by atomic mass is 10.1. The Morgan fingerprint density at radius 3 is 2.95 bits per heavy atom. The average Bonchev–Trinajstić information content (AvgIpc) is 2.97. The Morgan fingerprint density at radius 2 is 2.16 bits per heavy atom. The molecule has 0 saturated carbocycles. The van der Waals surface area contributed by atoms with Crippen molar-refractivity contribution in [3.05, 3.63) is 48.4 Å². The third-order valence-electron chi connectivity index (χ3n) is 2.98. The molecular weight excluding hydrogens is 240 g/mol. The van der Waals surface area contributed by atoms with Crippen molar-refractivity contribution in [2.75, 3.05) is 12.4 Å². The monoisotopic (exact) mass is 254 g/mol. The molecule has 0 spiro atoms. The lowest BCUT2D eigenvalue weighted by molar-refractivity contribution is 0.415. The van der Waals surface area contributed by atoms with Crippen LogP contribution < -0.4 is 10.1 Å². The van der Waals surface area contributed by atoms with Crippen LogP contribution in [-0.2, 0) is 6.54 Å². The van der Waals surface area contributed by atoms with E-state index in [0.29, 0.717) is 6.54 Å². The molecule has 1 aromatic carbocycles. The number of aromatic amines is 1. The van der Waals surface area contributed by atoms with Crippen LogP contribution in [0.25, 0.3) is 10.8 Å². The molecule has 0 saturated heterocycles. The average molecular weight is 254 g/mol. The minimum absolute atomic E-state index is 0.665. The molecule has 0 bridgehead atoms. The Kier molecular flexibility index (Phi) is 3.02. The third-order valence-corrected chi connectivity index (χ3v) is 2.98. The second-order valence-electron chi connectivity index (χ2n) is 4.18. The second-order valence-corrected chi connectivity index (χ2v) is 4.18. The van der Waals surface area contributed by atoms with Gasteiger partial charge in [0.25, 0.3) is 0 Å². The van der Waals surface area contributed by atoms with E-state index in [1.165, 1.54) is 0 Å². The molecule has 0 fully saturated rings. The topological polar surface area (TPSA) is 62.8 Å². The van der Waals surface area contributed by atoms with Gasteiger partial charge in [-0.25, -0.2) is 4.98 Å². The number of nitrogens with one attached hydrogen (secondary N) is 2. The van der Waals surface area contributed by atoms with Crippen molar-refractivity contribution in [3.63, 3.8) is 0 Å². The summed E-state index contributed by atoms with van der Waals surface area (Å²) in [7, 11) is 1.67. The fourth-order valence-corrected chi connectivity index (χ4v) is 1.99. The van der Waals surface area contributed by atoms with Gasteiger partial charge >= 0.3 is 0 Å². The quantitative estimate of drug-likeness (QED) is 0.751. The molecule has 19 heavy (non-hydrogen) atoms. The Morgan fingerprint density at radius 1 is 1.21 bits per heavy atom. The first-order valence-corrected chi connectivity index (χ1v) is 6.02. The maximum Gasteiger partial charge on any atom is 0.134 e.